The van der Waals surface area contributed by atoms with Gasteiger partial charge in [0.1, 0.15) is 0 Å². The van der Waals surface area contributed by atoms with Crippen molar-refractivity contribution in [3.8, 4) is 0 Å². The van der Waals surface area contributed by atoms with Crippen molar-refractivity contribution in [2.45, 2.75) is 6.92 Å². The zero-order chi connectivity index (χ0) is 11.5. The molecule has 4 heteroatoms. The summed E-state index contributed by atoms with van der Waals surface area (Å²) in [5.74, 6) is -0.0423. The van der Waals surface area contributed by atoms with Crippen molar-refractivity contribution in [2.24, 2.45) is 0 Å². The third-order valence-corrected chi connectivity index (χ3v) is 3.78. The number of rotatable bonds is 2. The van der Waals surface area contributed by atoms with Crippen molar-refractivity contribution in [1.29, 1.82) is 0 Å². The van der Waals surface area contributed by atoms with E-state index in [0.29, 0.717) is 0 Å². The van der Waals surface area contributed by atoms with Crippen LogP contribution in [-0.4, -0.2) is 5.91 Å². The van der Waals surface area contributed by atoms with E-state index in [1.807, 2.05) is 43.3 Å². The molecule has 1 heterocycles. The lowest BCUT2D eigenvalue weighted by Gasteiger charge is -2.02. The Labute approximate surface area is 112 Å². The van der Waals surface area contributed by atoms with Crippen LogP contribution in [0, 0.1) is 10.5 Å². The maximum atomic E-state index is 11.8. The first kappa shape index (κ1) is 11.6. The Kier molecular flexibility index (Phi) is 3.60. The van der Waals surface area contributed by atoms with Gasteiger partial charge in [-0.3, -0.25) is 4.79 Å². The third kappa shape index (κ3) is 2.82. The summed E-state index contributed by atoms with van der Waals surface area (Å²) in [6, 6.07) is 11.5. The number of thiophene rings is 1. The first-order valence-electron chi connectivity index (χ1n) is 4.78. The molecule has 2 nitrogen and oxygen atoms in total. The number of hydrogen-bond donors (Lipinski definition) is 1. The predicted octanol–water partition coefficient (Wildman–Crippen LogP) is 3.91. The highest BCUT2D eigenvalue weighted by atomic mass is 127. The maximum Gasteiger partial charge on any atom is 0.265 e. The molecule has 0 saturated heterocycles. The number of halogens is 1. The molecule has 0 saturated carbocycles. The molecule has 0 fully saturated rings. The summed E-state index contributed by atoms with van der Waals surface area (Å²) in [7, 11) is 0. The van der Waals surface area contributed by atoms with Crippen molar-refractivity contribution in [1.82, 2.24) is 0 Å². The lowest BCUT2D eigenvalue weighted by Crippen LogP contribution is -2.09. The van der Waals surface area contributed by atoms with E-state index in [2.05, 4.69) is 27.9 Å². The van der Waals surface area contributed by atoms with Crippen LogP contribution >= 0.6 is 33.9 Å². The number of aryl methyl sites for hydroxylation is 1. The van der Waals surface area contributed by atoms with E-state index < -0.39 is 0 Å². The Balaban J connectivity index is 2.10. The van der Waals surface area contributed by atoms with Gasteiger partial charge in [-0.1, -0.05) is 0 Å². The summed E-state index contributed by atoms with van der Waals surface area (Å²) in [5.41, 5.74) is 0.830. The SMILES string of the molecule is Cc1ccc(C(=O)Nc2ccc(I)cc2)s1. The van der Waals surface area contributed by atoms with Crippen molar-refractivity contribution in [2.75, 3.05) is 5.32 Å². The molecule has 0 aliphatic heterocycles. The molecular weight excluding hydrogens is 333 g/mol. The molecule has 0 spiro atoms. The summed E-state index contributed by atoms with van der Waals surface area (Å²) < 4.78 is 1.16. The summed E-state index contributed by atoms with van der Waals surface area (Å²) in [5, 5.41) is 2.87. The van der Waals surface area contributed by atoms with E-state index in [-0.39, 0.29) is 5.91 Å². The van der Waals surface area contributed by atoms with E-state index in [9.17, 15) is 4.79 Å². The van der Waals surface area contributed by atoms with Crippen LogP contribution in [0.3, 0.4) is 0 Å². The highest BCUT2D eigenvalue weighted by Crippen LogP contribution is 2.17. The zero-order valence-electron chi connectivity index (χ0n) is 8.66. The van der Waals surface area contributed by atoms with Gasteiger partial charge < -0.3 is 5.32 Å². The molecule has 1 aromatic carbocycles. The van der Waals surface area contributed by atoms with Crippen LogP contribution in [-0.2, 0) is 0 Å². The van der Waals surface area contributed by atoms with Crippen LogP contribution in [0.15, 0.2) is 36.4 Å². The average molecular weight is 343 g/mol. The monoisotopic (exact) mass is 343 g/mol. The van der Waals surface area contributed by atoms with Gasteiger partial charge in [-0.15, -0.1) is 11.3 Å². The fourth-order valence-electron chi connectivity index (χ4n) is 1.28. The van der Waals surface area contributed by atoms with Gasteiger partial charge in [-0.2, -0.15) is 0 Å². The standard InChI is InChI=1S/C12H10INOS/c1-8-2-7-11(16-8)12(15)14-10-5-3-9(13)4-6-10/h2-7H,1H3,(H,14,15). The number of carbonyl (C=O) groups excluding carboxylic acids is 1. The minimum absolute atomic E-state index is 0.0423. The average Bonchev–Trinajstić information content (AvgIpc) is 2.68. The number of amides is 1. The van der Waals surface area contributed by atoms with Gasteiger partial charge in [0.25, 0.3) is 5.91 Å². The first-order valence-corrected chi connectivity index (χ1v) is 6.68. The smallest absolute Gasteiger partial charge is 0.265 e. The number of anilines is 1. The Morgan fingerprint density at radius 3 is 2.44 bits per heavy atom. The Bertz CT molecular complexity index is 504. The fourth-order valence-corrected chi connectivity index (χ4v) is 2.40. The fraction of sp³-hybridized carbons (Fsp3) is 0.0833. The van der Waals surface area contributed by atoms with Crippen LogP contribution in [0.2, 0.25) is 0 Å². The minimum atomic E-state index is -0.0423. The second-order valence-electron chi connectivity index (χ2n) is 3.37. The highest BCUT2D eigenvalue weighted by molar-refractivity contribution is 14.1. The van der Waals surface area contributed by atoms with E-state index in [0.717, 1.165) is 19.0 Å². The van der Waals surface area contributed by atoms with Gasteiger partial charge in [-0.05, 0) is 65.9 Å². The van der Waals surface area contributed by atoms with Gasteiger partial charge in [0.15, 0.2) is 0 Å². The number of carbonyl (C=O) groups is 1. The molecule has 1 amide bonds. The Hall–Kier alpha value is -0.880. The molecule has 0 radical (unpaired) electrons. The largest absolute Gasteiger partial charge is 0.321 e. The van der Waals surface area contributed by atoms with Crippen LogP contribution in [0.25, 0.3) is 0 Å². The summed E-state index contributed by atoms with van der Waals surface area (Å²) >= 11 is 3.74. The van der Waals surface area contributed by atoms with Crippen LogP contribution in [0.5, 0.6) is 0 Å². The van der Waals surface area contributed by atoms with Gasteiger partial charge in [0, 0.05) is 14.1 Å². The van der Waals surface area contributed by atoms with Gasteiger partial charge in [0.2, 0.25) is 0 Å². The predicted molar refractivity (Wildman–Crippen MR) is 76.2 cm³/mol. The quantitative estimate of drug-likeness (QED) is 0.823. The van der Waals surface area contributed by atoms with Crippen LogP contribution in [0.4, 0.5) is 5.69 Å². The first-order chi connectivity index (χ1) is 7.65. The maximum absolute atomic E-state index is 11.8. The van der Waals surface area contributed by atoms with E-state index in [1.165, 1.54) is 11.3 Å². The summed E-state index contributed by atoms with van der Waals surface area (Å²) in [6.07, 6.45) is 0. The highest BCUT2D eigenvalue weighted by Gasteiger charge is 2.07. The molecule has 1 N–H and O–H groups in total. The van der Waals surface area contributed by atoms with Crippen molar-refractivity contribution in [3.63, 3.8) is 0 Å². The normalized spacial score (nSPS) is 10.1. The second kappa shape index (κ2) is 4.97. The van der Waals surface area contributed by atoms with Gasteiger partial charge in [0.05, 0.1) is 4.88 Å². The molecule has 0 unspecified atom stereocenters. The van der Waals surface area contributed by atoms with Crippen molar-refractivity contribution in [3.05, 3.63) is 49.7 Å². The van der Waals surface area contributed by atoms with E-state index in [4.69, 9.17) is 0 Å². The lowest BCUT2D eigenvalue weighted by atomic mass is 10.3. The lowest BCUT2D eigenvalue weighted by molar-refractivity contribution is 0.103. The van der Waals surface area contributed by atoms with Crippen LogP contribution < -0.4 is 5.32 Å². The molecule has 0 aliphatic carbocycles. The number of benzene rings is 1. The molecule has 0 bridgehead atoms. The molecule has 0 atom stereocenters. The third-order valence-electron chi connectivity index (χ3n) is 2.07. The van der Waals surface area contributed by atoms with Gasteiger partial charge >= 0.3 is 0 Å². The zero-order valence-corrected chi connectivity index (χ0v) is 11.6. The topological polar surface area (TPSA) is 29.1 Å². The molecular formula is C12H10INOS. The van der Waals surface area contributed by atoms with Gasteiger partial charge in [-0.25, -0.2) is 0 Å². The molecule has 16 heavy (non-hydrogen) atoms. The van der Waals surface area contributed by atoms with E-state index in [1.54, 1.807) is 0 Å². The molecule has 1 aromatic heterocycles. The Morgan fingerprint density at radius 1 is 1.19 bits per heavy atom. The molecule has 2 rings (SSSR count). The molecule has 82 valence electrons. The minimum Gasteiger partial charge on any atom is -0.321 e. The number of hydrogen-bond acceptors (Lipinski definition) is 2. The number of nitrogens with one attached hydrogen (secondary N) is 1. The Morgan fingerprint density at radius 2 is 1.88 bits per heavy atom. The summed E-state index contributed by atoms with van der Waals surface area (Å²) in [4.78, 5) is 13.7. The second-order valence-corrected chi connectivity index (χ2v) is 5.90. The van der Waals surface area contributed by atoms with E-state index >= 15 is 0 Å². The summed E-state index contributed by atoms with van der Waals surface area (Å²) in [6.45, 7) is 1.99. The van der Waals surface area contributed by atoms with Crippen molar-refractivity contribution < 1.29 is 4.79 Å². The van der Waals surface area contributed by atoms with Crippen molar-refractivity contribution >= 4 is 45.5 Å². The van der Waals surface area contributed by atoms with Crippen LogP contribution in [0.1, 0.15) is 14.5 Å². The molecule has 0 aliphatic rings. The molecule has 2 aromatic rings.